The van der Waals surface area contributed by atoms with Crippen molar-refractivity contribution in [3.8, 4) is 5.75 Å². The molecule has 142 valence electrons. The standard InChI is InChI=1S/C21H29NO4/c1-13-10-17(25-5)8-9-18(13)19(23)14-11-15-6-7-16(12-14)22(15)20(24)26-21(2,3)4/h8-10,14-16H,6-7,11-12H2,1-5H3. The third kappa shape index (κ3) is 3.71. The number of aryl methyl sites for hydroxylation is 1. The van der Waals surface area contributed by atoms with Crippen molar-refractivity contribution in [3.05, 3.63) is 29.3 Å². The first kappa shape index (κ1) is 18.7. The highest BCUT2D eigenvalue weighted by atomic mass is 16.6. The maximum atomic E-state index is 13.1. The van der Waals surface area contributed by atoms with E-state index in [1.807, 2.05) is 50.8 Å². The zero-order chi connectivity index (χ0) is 19.1. The lowest BCUT2D eigenvalue weighted by atomic mass is 9.84. The normalized spacial score (nSPS) is 25.1. The lowest BCUT2D eigenvalue weighted by Crippen LogP contribution is -2.49. The van der Waals surface area contributed by atoms with Gasteiger partial charge in [-0.25, -0.2) is 4.79 Å². The number of Topliss-reactive ketones (excluding diaryl/α,β-unsaturated/α-hetero) is 1. The van der Waals surface area contributed by atoms with Crippen molar-refractivity contribution >= 4 is 11.9 Å². The van der Waals surface area contributed by atoms with Gasteiger partial charge in [-0.1, -0.05) is 0 Å². The summed E-state index contributed by atoms with van der Waals surface area (Å²) >= 11 is 0. The summed E-state index contributed by atoms with van der Waals surface area (Å²) < 4.78 is 10.8. The molecule has 0 aromatic heterocycles. The van der Waals surface area contributed by atoms with Crippen molar-refractivity contribution in [3.63, 3.8) is 0 Å². The van der Waals surface area contributed by atoms with Crippen molar-refractivity contribution in [2.75, 3.05) is 7.11 Å². The molecule has 2 heterocycles. The molecule has 0 spiro atoms. The van der Waals surface area contributed by atoms with Crippen molar-refractivity contribution in [1.82, 2.24) is 4.90 Å². The van der Waals surface area contributed by atoms with E-state index in [1.165, 1.54) is 0 Å². The summed E-state index contributed by atoms with van der Waals surface area (Å²) in [5, 5.41) is 0. The van der Waals surface area contributed by atoms with Gasteiger partial charge < -0.3 is 14.4 Å². The fourth-order valence-corrected chi connectivity index (χ4v) is 4.26. The van der Waals surface area contributed by atoms with Gasteiger partial charge in [-0.05, 0) is 77.1 Å². The highest BCUT2D eigenvalue weighted by Crippen LogP contribution is 2.41. The Morgan fingerprint density at radius 1 is 1.12 bits per heavy atom. The molecule has 1 amide bonds. The van der Waals surface area contributed by atoms with E-state index in [9.17, 15) is 9.59 Å². The molecule has 26 heavy (non-hydrogen) atoms. The third-order valence-electron chi connectivity index (χ3n) is 5.41. The molecule has 2 aliphatic heterocycles. The Morgan fingerprint density at radius 2 is 1.73 bits per heavy atom. The molecule has 1 aromatic rings. The molecule has 0 radical (unpaired) electrons. The summed E-state index contributed by atoms with van der Waals surface area (Å²) in [7, 11) is 1.63. The van der Waals surface area contributed by atoms with Crippen LogP contribution in [-0.4, -0.2) is 41.6 Å². The van der Waals surface area contributed by atoms with Crippen LogP contribution < -0.4 is 4.74 Å². The second kappa shape index (κ2) is 6.93. The van der Waals surface area contributed by atoms with Crippen molar-refractivity contribution in [1.29, 1.82) is 0 Å². The molecule has 2 fully saturated rings. The number of carbonyl (C=O) groups excluding carboxylic acids is 2. The molecule has 2 atom stereocenters. The third-order valence-corrected chi connectivity index (χ3v) is 5.41. The van der Waals surface area contributed by atoms with Crippen LogP contribution in [0.25, 0.3) is 0 Å². The van der Waals surface area contributed by atoms with Crippen LogP contribution >= 0.6 is 0 Å². The van der Waals surface area contributed by atoms with Crippen molar-refractivity contribution in [2.24, 2.45) is 5.92 Å². The quantitative estimate of drug-likeness (QED) is 0.752. The molecule has 0 N–H and O–H groups in total. The number of benzene rings is 1. The molecule has 2 aliphatic rings. The van der Waals surface area contributed by atoms with Crippen molar-refractivity contribution in [2.45, 2.75) is 71.1 Å². The molecule has 2 unspecified atom stereocenters. The summed E-state index contributed by atoms with van der Waals surface area (Å²) in [4.78, 5) is 27.5. The van der Waals surface area contributed by atoms with Gasteiger partial charge in [0.1, 0.15) is 11.4 Å². The number of methoxy groups -OCH3 is 1. The number of carbonyl (C=O) groups is 2. The minimum absolute atomic E-state index is 0.0294. The van der Waals surface area contributed by atoms with Gasteiger partial charge >= 0.3 is 6.09 Å². The van der Waals surface area contributed by atoms with E-state index in [-0.39, 0.29) is 29.9 Å². The fraction of sp³-hybridized carbons (Fsp3) is 0.619. The maximum Gasteiger partial charge on any atom is 0.410 e. The second-order valence-electron chi connectivity index (χ2n) is 8.49. The minimum Gasteiger partial charge on any atom is -0.497 e. The van der Waals surface area contributed by atoms with Crippen LogP contribution in [0.15, 0.2) is 18.2 Å². The molecular formula is C21H29NO4. The molecule has 2 saturated heterocycles. The average Bonchev–Trinajstić information content (AvgIpc) is 2.83. The Kier molecular flexibility index (Phi) is 5.00. The highest BCUT2D eigenvalue weighted by Gasteiger charge is 2.46. The summed E-state index contributed by atoms with van der Waals surface area (Å²) in [6, 6.07) is 5.81. The predicted octanol–water partition coefficient (Wildman–Crippen LogP) is 4.36. The van der Waals surface area contributed by atoms with Crippen LogP contribution in [0.1, 0.15) is 62.4 Å². The lowest BCUT2D eigenvalue weighted by Gasteiger charge is -2.39. The minimum atomic E-state index is -0.497. The lowest BCUT2D eigenvalue weighted by molar-refractivity contribution is 0.00253. The molecule has 3 rings (SSSR count). The number of ether oxygens (including phenoxy) is 2. The maximum absolute atomic E-state index is 13.1. The van der Waals surface area contributed by atoms with Gasteiger partial charge in [-0.2, -0.15) is 0 Å². The van der Waals surface area contributed by atoms with Gasteiger partial charge in [-0.3, -0.25) is 4.79 Å². The fourth-order valence-electron chi connectivity index (χ4n) is 4.26. The van der Waals surface area contributed by atoms with E-state index in [0.29, 0.717) is 0 Å². The number of nitrogens with zero attached hydrogens (tertiary/aromatic N) is 1. The van der Waals surface area contributed by atoms with Crippen molar-refractivity contribution < 1.29 is 19.1 Å². The van der Waals surface area contributed by atoms with Gasteiger partial charge in [0.15, 0.2) is 5.78 Å². The number of ketones is 1. The number of rotatable bonds is 3. The first-order chi connectivity index (χ1) is 12.2. The molecule has 0 aliphatic carbocycles. The van der Waals surface area contributed by atoms with Crippen LogP contribution in [0.5, 0.6) is 5.75 Å². The number of amides is 1. The summed E-state index contributed by atoms with van der Waals surface area (Å²) in [6.07, 6.45) is 3.11. The Bertz CT molecular complexity index is 692. The Hall–Kier alpha value is -2.04. The topological polar surface area (TPSA) is 55.8 Å². The van der Waals surface area contributed by atoms with Gasteiger partial charge in [0.25, 0.3) is 0 Å². The van der Waals surface area contributed by atoms with E-state index < -0.39 is 5.60 Å². The highest BCUT2D eigenvalue weighted by molar-refractivity contribution is 5.99. The van der Waals surface area contributed by atoms with Gasteiger partial charge in [-0.15, -0.1) is 0 Å². The van der Waals surface area contributed by atoms with E-state index in [0.717, 1.165) is 42.6 Å². The van der Waals surface area contributed by atoms with E-state index in [4.69, 9.17) is 9.47 Å². The monoisotopic (exact) mass is 359 g/mol. The first-order valence-electron chi connectivity index (χ1n) is 9.40. The molecule has 5 heteroatoms. The zero-order valence-electron chi connectivity index (χ0n) is 16.4. The largest absolute Gasteiger partial charge is 0.497 e. The molecule has 5 nitrogen and oxygen atoms in total. The average molecular weight is 359 g/mol. The van der Waals surface area contributed by atoms with Crippen LogP contribution in [0.4, 0.5) is 4.79 Å². The number of hydrogen-bond acceptors (Lipinski definition) is 4. The number of hydrogen-bond donors (Lipinski definition) is 0. The smallest absolute Gasteiger partial charge is 0.410 e. The summed E-state index contributed by atoms with van der Waals surface area (Å²) in [5.41, 5.74) is 1.21. The van der Waals surface area contributed by atoms with Crippen LogP contribution in [0, 0.1) is 12.8 Å². The molecule has 0 saturated carbocycles. The SMILES string of the molecule is COc1ccc(C(=O)C2CC3CCC(C2)N3C(=O)OC(C)(C)C)c(C)c1. The zero-order valence-corrected chi connectivity index (χ0v) is 16.4. The van der Waals surface area contributed by atoms with Crippen LogP contribution in [0.3, 0.4) is 0 Å². The van der Waals surface area contributed by atoms with Crippen LogP contribution in [-0.2, 0) is 4.74 Å². The summed E-state index contributed by atoms with van der Waals surface area (Å²) in [6.45, 7) is 7.60. The molecular weight excluding hydrogens is 330 g/mol. The van der Waals surface area contributed by atoms with Crippen LogP contribution in [0.2, 0.25) is 0 Å². The van der Waals surface area contributed by atoms with E-state index >= 15 is 0 Å². The first-order valence-corrected chi connectivity index (χ1v) is 9.40. The number of piperidine rings is 1. The molecule has 1 aromatic carbocycles. The Morgan fingerprint density at radius 3 is 2.23 bits per heavy atom. The Balaban J connectivity index is 1.72. The van der Waals surface area contributed by atoms with Gasteiger partial charge in [0.2, 0.25) is 0 Å². The van der Waals surface area contributed by atoms with E-state index in [1.54, 1.807) is 7.11 Å². The predicted molar refractivity (Wildman–Crippen MR) is 99.7 cm³/mol. The summed E-state index contributed by atoms with van der Waals surface area (Å²) in [5.74, 6) is 0.919. The number of fused-ring (bicyclic) bond motifs is 2. The molecule has 2 bridgehead atoms. The van der Waals surface area contributed by atoms with Gasteiger partial charge in [0, 0.05) is 23.6 Å². The van der Waals surface area contributed by atoms with E-state index in [2.05, 4.69) is 0 Å². The Labute approximate surface area is 155 Å². The second-order valence-corrected chi connectivity index (χ2v) is 8.49. The van der Waals surface area contributed by atoms with Gasteiger partial charge in [0.05, 0.1) is 7.11 Å².